The second-order valence-electron chi connectivity index (χ2n) is 5.98. The first-order valence-electron chi connectivity index (χ1n) is 6.92. The molecule has 0 saturated carbocycles. The minimum atomic E-state index is -0.504. The van der Waals surface area contributed by atoms with E-state index in [1.54, 1.807) is 0 Å². The third kappa shape index (κ3) is 1.61. The number of ether oxygens (including phenoxy) is 1. The van der Waals surface area contributed by atoms with Crippen molar-refractivity contribution in [3.8, 4) is 0 Å². The van der Waals surface area contributed by atoms with Crippen molar-refractivity contribution in [3.05, 3.63) is 71.8 Å². The maximum atomic E-state index is 8.46. The molecule has 0 aromatic heterocycles. The first-order chi connectivity index (χ1) is 9.59. The average molecular weight is 265 g/mol. The Morgan fingerprint density at radius 1 is 0.850 bits per heavy atom. The molecule has 0 spiro atoms. The molecule has 3 rings (SSSR count). The molecule has 1 heterocycles. The molecule has 2 heteroatoms. The Labute approximate surface area is 119 Å². The fraction of sp³-hybridized carbons (Fsp3) is 0.278. The van der Waals surface area contributed by atoms with Crippen molar-refractivity contribution in [1.82, 2.24) is 0 Å². The van der Waals surface area contributed by atoms with Crippen LogP contribution in [-0.4, -0.2) is 12.5 Å². The van der Waals surface area contributed by atoms with E-state index in [4.69, 9.17) is 10.1 Å². The van der Waals surface area contributed by atoms with Gasteiger partial charge in [-0.1, -0.05) is 74.5 Å². The van der Waals surface area contributed by atoms with Gasteiger partial charge in [0.25, 0.3) is 0 Å². The summed E-state index contributed by atoms with van der Waals surface area (Å²) >= 11 is 0. The van der Waals surface area contributed by atoms with Crippen LogP contribution in [0, 0.1) is 10.8 Å². The molecule has 0 unspecified atom stereocenters. The summed E-state index contributed by atoms with van der Waals surface area (Å²) in [7, 11) is 0. The molecule has 20 heavy (non-hydrogen) atoms. The van der Waals surface area contributed by atoms with E-state index in [0.29, 0.717) is 12.5 Å². The van der Waals surface area contributed by atoms with E-state index in [2.05, 4.69) is 38.1 Å². The van der Waals surface area contributed by atoms with Gasteiger partial charge in [-0.05, 0) is 11.1 Å². The van der Waals surface area contributed by atoms with E-state index in [-0.39, 0.29) is 5.41 Å². The van der Waals surface area contributed by atoms with Crippen LogP contribution in [0.1, 0.15) is 25.0 Å². The largest absolute Gasteiger partial charge is 0.480 e. The molecule has 2 nitrogen and oxygen atoms in total. The smallest absolute Gasteiger partial charge is 0.196 e. The third-order valence-corrected chi connectivity index (χ3v) is 4.35. The summed E-state index contributed by atoms with van der Waals surface area (Å²) < 4.78 is 5.68. The Morgan fingerprint density at radius 3 is 1.65 bits per heavy atom. The number of hydrogen-bond acceptors (Lipinski definition) is 2. The summed E-state index contributed by atoms with van der Waals surface area (Å²) in [5.74, 6) is 0.347. The molecule has 0 aliphatic carbocycles. The van der Waals surface area contributed by atoms with E-state index in [1.807, 2.05) is 36.4 Å². The summed E-state index contributed by atoms with van der Waals surface area (Å²) in [6.45, 7) is 4.92. The predicted octanol–water partition coefficient (Wildman–Crippen LogP) is 4.01. The van der Waals surface area contributed by atoms with E-state index < -0.39 is 5.41 Å². The standard InChI is InChI=1S/C18H19NO/c1-17(2)13-20-16(19)18(17,14-9-5-3-6-10-14)15-11-7-4-8-12-15/h3-12,19H,13H2,1-2H3. The van der Waals surface area contributed by atoms with E-state index in [9.17, 15) is 0 Å². The highest BCUT2D eigenvalue weighted by molar-refractivity contribution is 5.93. The summed E-state index contributed by atoms with van der Waals surface area (Å²) in [6, 6.07) is 20.5. The first-order valence-corrected chi connectivity index (χ1v) is 6.92. The highest BCUT2D eigenvalue weighted by Crippen LogP contribution is 2.52. The summed E-state index contributed by atoms with van der Waals surface area (Å²) in [4.78, 5) is 0. The molecular formula is C18H19NO. The van der Waals surface area contributed by atoms with Crippen LogP contribution >= 0.6 is 0 Å². The molecule has 1 N–H and O–H groups in total. The molecule has 0 amide bonds. The molecule has 102 valence electrons. The van der Waals surface area contributed by atoms with Crippen LogP contribution < -0.4 is 0 Å². The molecule has 2 aromatic carbocycles. The highest BCUT2D eigenvalue weighted by atomic mass is 16.5. The normalized spacial score (nSPS) is 19.6. The van der Waals surface area contributed by atoms with E-state index in [0.717, 1.165) is 11.1 Å². The maximum absolute atomic E-state index is 8.46. The van der Waals surface area contributed by atoms with E-state index in [1.165, 1.54) is 0 Å². The first kappa shape index (κ1) is 12.9. The van der Waals surface area contributed by atoms with Crippen LogP contribution in [0.15, 0.2) is 60.7 Å². The van der Waals surface area contributed by atoms with Crippen LogP contribution in [0.2, 0.25) is 0 Å². The van der Waals surface area contributed by atoms with Gasteiger partial charge in [0.05, 0.1) is 6.61 Å². The van der Waals surface area contributed by atoms with Crippen LogP contribution in [0.4, 0.5) is 0 Å². The van der Waals surface area contributed by atoms with Gasteiger partial charge in [0, 0.05) is 5.41 Å². The van der Waals surface area contributed by atoms with Gasteiger partial charge in [-0.15, -0.1) is 0 Å². The summed E-state index contributed by atoms with van der Waals surface area (Å²) in [5.41, 5.74) is 1.58. The van der Waals surface area contributed by atoms with Gasteiger partial charge in [0.2, 0.25) is 0 Å². The van der Waals surface area contributed by atoms with Gasteiger partial charge < -0.3 is 4.74 Å². The highest BCUT2D eigenvalue weighted by Gasteiger charge is 2.57. The van der Waals surface area contributed by atoms with Gasteiger partial charge in [-0.3, -0.25) is 5.41 Å². The van der Waals surface area contributed by atoms with Crippen LogP contribution in [0.5, 0.6) is 0 Å². The lowest BCUT2D eigenvalue weighted by molar-refractivity contribution is 0.213. The minimum absolute atomic E-state index is 0.160. The Kier molecular flexibility index (Phi) is 2.89. The Balaban J connectivity index is 2.32. The zero-order chi connectivity index (χ0) is 14.2. The molecule has 2 aromatic rings. The fourth-order valence-corrected chi connectivity index (χ4v) is 3.36. The molecule has 1 aliphatic rings. The number of benzene rings is 2. The number of hydrogen-bond donors (Lipinski definition) is 1. The molecule has 0 radical (unpaired) electrons. The molecule has 0 bridgehead atoms. The molecule has 0 atom stereocenters. The fourth-order valence-electron chi connectivity index (χ4n) is 3.36. The van der Waals surface area contributed by atoms with Crippen LogP contribution in [0.3, 0.4) is 0 Å². The average Bonchev–Trinajstić information content (AvgIpc) is 2.72. The van der Waals surface area contributed by atoms with Gasteiger partial charge in [-0.2, -0.15) is 0 Å². The van der Waals surface area contributed by atoms with Crippen molar-refractivity contribution in [1.29, 1.82) is 5.41 Å². The Bertz CT molecular complexity index is 577. The van der Waals surface area contributed by atoms with Gasteiger partial charge in [0.15, 0.2) is 5.90 Å². The quantitative estimate of drug-likeness (QED) is 0.874. The van der Waals surface area contributed by atoms with Gasteiger partial charge in [0.1, 0.15) is 5.41 Å². The number of nitrogens with one attached hydrogen (secondary N) is 1. The van der Waals surface area contributed by atoms with E-state index >= 15 is 0 Å². The summed E-state index contributed by atoms with van der Waals surface area (Å²) in [5, 5.41) is 8.46. The Morgan fingerprint density at radius 2 is 1.30 bits per heavy atom. The van der Waals surface area contributed by atoms with Crippen LogP contribution in [0.25, 0.3) is 0 Å². The maximum Gasteiger partial charge on any atom is 0.196 e. The lowest BCUT2D eigenvalue weighted by Crippen LogP contribution is -2.44. The third-order valence-electron chi connectivity index (χ3n) is 4.35. The predicted molar refractivity (Wildman–Crippen MR) is 81.1 cm³/mol. The molecule has 1 fully saturated rings. The zero-order valence-corrected chi connectivity index (χ0v) is 11.9. The van der Waals surface area contributed by atoms with Crippen molar-refractivity contribution in [2.75, 3.05) is 6.61 Å². The monoisotopic (exact) mass is 265 g/mol. The second-order valence-corrected chi connectivity index (χ2v) is 5.98. The molecule has 1 aliphatic heterocycles. The SMILES string of the molecule is CC1(C)COC(=N)C1(c1ccccc1)c1ccccc1. The minimum Gasteiger partial charge on any atom is -0.480 e. The van der Waals surface area contributed by atoms with Crippen molar-refractivity contribution >= 4 is 5.90 Å². The van der Waals surface area contributed by atoms with Crippen molar-refractivity contribution in [2.24, 2.45) is 5.41 Å². The second kappa shape index (κ2) is 4.48. The van der Waals surface area contributed by atoms with Gasteiger partial charge in [-0.25, -0.2) is 0 Å². The van der Waals surface area contributed by atoms with Crippen molar-refractivity contribution < 1.29 is 4.74 Å². The topological polar surface area (TPSA) is 33.1 Å². The van der Waals surface area contributed by atoms with Crippen molar-refractivity contribution in [3.63, 3.8) is 0 Å². The number of rotatable bonds is 2. The lowest BCUT2D eigenvalue weighted by atomic mass is 9.60. The zero-order valence-electron chi connectivity index (χ0n) is 11.9. The Hall–Kier alpha value is -2.09. The van der Waals surface area contributed by atoms with Gasteiger partial charge >= 0.3 is 0 Å². The van der Waals surface area contributed by atoms with Crippen LogP contribution in [-0.2, 0) is 10.2 Å². The van der Waals surface area contributed by atoms with Crippen molar-refractivity contribution in [2.45, 2.75) is 19.3 Å². The molecular weight excluding hydrogens is 246 g/mol. The lowest BCUT2D eigenvalue weighted by Gasteiger charge is -2.39. The molecule has 1 saturated heterocycles. The summed E-state index contributed by atoms with van der Waals surface area (Å²) in [6.07, 6.45) is 0.